The Kier molecular flexibility index (Phi) is 4.06. The quantitative estimate of drug-likeness (QED) is 0.871. The normalized spacial score (nSPS) is 10.9. The van der Waals surface area contributed by atoms with Crippen LogP contribution in [0.1, 0.15) is 16.3 Å². The minimum atomic E-state index is -0.316. The summed E-state index contributed by atoms with van der Waals surface area (Å²) in [6.45, 7) is 3.65. The van der Waals surface area contributed by atoms with Gasteiger partial charge >= 0.3 is 0 Å². The van der Waals surface area contributed by atoms with Crippen LogP contribution in [0.15, 0.2) is 29.7 Å². The second-order valence-corrected chi connectivity index (χ2v) is 5.14. The predicted octanol–water partition coefficient (Wildman–Crippen LogP) is 3.55. The molecule has 0 aliphatic carbocycles. The van der Waals surface area contributed by atoms with Crippen LogP contribution in [0.4, 0.5) is 10.1 Å². The molecule has 0 bridgehead atoms. The van der Waals surface area contributed by atoms with E-state index in [1.807, 2.05) is 12.3 Å². The summed E-state index contributed by atoms with van der Waals surface area (Å²) >= 11 is 1.53. The fourth-order valence-electron chi connectivity index (χ4n) is 1.56. The Morgan fingerprint density at radius 2 is 2.21 bits per heavy atom. The highest BCUT2D eigenvalue weighted by atomic mass is 32.1. The van der Waals surface area contributed by atoms with E-state index in [9.17, 15) is 9.18 Å². The third-order valence-corrected chi connectivity index (χ3v) is 3.28. The van der Waals surface area contributed by atoms with Gasteiger partial charge < -0.3 is 5.32 Å². The zero-order chi connectivity index (χ0) is 13.8. The monoisotopic (exact) mass is 276 g/mol. The Morgan fingerprint density at radius 1 is 1.42 bits per heavy atom. The van der Waals surface area contributed by atoms with Gasteiger partial charge in [0.05, 0.1) is 10.7 Å². The summed E-state index contributed by atoms with van der Waals surface area (Å²) < 4.78 is 12.9. The molecule has 19 heavy (non-hydrogen) atoms. The first-order valence-electron chi connectivity index (χ1n) is 5.72. The number of hydrogen-bond acceptors (Lipinski definition) is 3. The number of nitrogens with one attached hydrogen (secondary N) is 1. The molecule has 0 aliphatic rings. The van der Waals surface area contributed by atoms with Crippen LogP contribution in [0.3, 0.4) is 0 Å². The van der Waals surface area contributed by atoms with Gasteiger partial charge in [0.15, 0.2) is 0 Å². The summed E-state index contributed by atoms with van der Waals surface area (Å²) in [5.41, 5.74) is 2.05. The fraction of sp³-hybridized carbons (Fsp3) is 0.143. The Balaban J connectivity index is 2.03. The number of nitrogens with zero attached hydrogens (tertiary/aromatic N) is 1. The molecule has 5 heteroatoms. The number of halogens is 1. The van der Waals surface area contributed by atoms with Crippen LogP contribution >= 0.6 is 11.3 Å². The summed E-state index contributed by atoms with van der Waals surface area (Å²) in [6, 6.07) is 4.24. The maximum atomic E-state index is 12.9. The number of aromatic nitrogens is 1. The summed E-state index contributed by atoms with van der Waals surface area (Å²) in [6.07, 6.45) is 3.06. The van der Waals surface area contributed by atoms with E-state index in [-0.39, 0.29) is 11.7 Å². The van der Waals surface area contributed by atoms with Crippen molar-refractivity contribution < 1.29 is 9.18 Å². The Bertz CT molecular complexity index is 634. The third-order valence-electron chi connectivity index (χ3n) is 2.49. The summed E-state index contributed by atoms with van der Waals surface area (Å²) in [7, 11) is 0. The van der Waals surface area contributed by atoms with E-state index in [1.165, 1.54) is 29.5 Å². The molecule has 1 aromatic heterocycles. The van der Waals surface area contributed by atoms with Gasteiger partial charge in [-0.05, 0) is 43.7 Å². The lowest BCUT2D eigenvalue weighted by Gasteiger charge is -2.05. The Labute approximate surface area is 114 Å². The fourth-order valence-corrected chi connectivity index (χ4v) is 2.14. The first-order chi connectivity index (χ1) is 9.04. The lowest BCUT2D eigenvalue weighted by Crippen LogP contribution is -2.09. The van der Waals surface area contributed by atoms with E-state index >= 15 is 0 Å². The molecule has 0 spiro atoms. The van der Waals surface area contributed by atoms with Crippen LogP contribution in [0.25, 0.3) is 6.08 Å². The molecule has 0 atom stereocenters. The van der Waals surface area contributed by atoms with Crippen molar-refractivity contribution in [2.24, 2.45) is 0 Å². The molecule has 0 saturated heterocycles. The van der Waals surface area contributed by atoms with Crippen molar-refractivity contribution in [3.05, 3.63) is 51.7 Å². The minimum Gasteiger partial charge on any atom is -0.322 e. The second-order valence-electron chi connectivity index (χ2n) is 4.07. The van der Waals surface area contributed by atoms with Gasteiger partial charge in [0, 0.05) is 17.1 Å². The molecule has 1 amide bonds. The van der Waals surface area contributed by atoms with Gasteiger partial charge in [-0.2, -0.15) is 0 Å². The van der Waals surface area contributed by atoms with Gasteiger partial charge in [0.1, 0.15) is 5.82 Å². The zero-order valence-electron chi connectivity index (χ0n) is 10.6. The number of carbonyl (C=O) groups is 1. The maximum Gasteiger partial charge on any atom is 0.248 e. The van der Waals surface area contributed by atoms with E-state index in [0.717, 1.165) is 10.7 Å². The smallest absolute Gasteiger partial charge is 0.248 e. The zero-order valence-corrected chi connectivity index (χ0v) is 11.4. The molecule has 3 nitrogen and oxygen atoms in total. The van der Waals surface area contributed by atoms with Crippen LogP contribution in [0, 0.1) is 19.7 Å². The van der Waals surface area contributed by atoms with Crippen LogP contribution < -0.4 is 5.32 Å². The number of amides is 1. The van der Waals surface area contributed by atoms with E-state index in [4.69, 9.17) is 0 Å². The van der Waals surface area contributed by atoms with Crippen LogP contribution in [-0.4, -0.2) is 10.9 Å². The van der Waals surface area contributed by atoms with Gasteiger partial charge in [-0.3, -0.25) is 4.79 Å². The van der Waals surface area contributed by atoms with Crippen molar-refractivity contribution in [1.82, 2.24) is 4.98 Å². The first-order valence-corrected chi connectivity index (χ1v) is 6.60. The van der Waals surface area contributed by atoms with Crippen molar-refractivity contribution in [3.63, 3.8) is 0 Å². The molecule has 2 aromatic rings. The molecule has 2 rings (SSSR count). The van der Waals surface area contributed by atoms with E-state index < -0.39 is 0 Å². The molecule has 0 unspecified atom stereocenters. The van der Waals surface area contributed by atoms with Crippen molar-refractivity contribution in [3.8, 4) is 0 Å². The van der Waals surface area contributed by atoms with E-state index in [1.54, 1.807) is 19.1 Å². The SMILES string of the molecule is Cc1nc(/C=C/C(=O)Nc2ccc(F)cc2C)cs1. The topological polar surface area (TPSA) is 42.0 Å². The Morgan fingerprint density at radius 3 is 2.84 bits per heavy atom. The third kappa shape index (κ3) is 3.72. The second kappa shape index (κ2) is 5.75. The van der Waals surface area contributed by atoms with Gasteiger partial charge in [0.2, 0.25) is 5.91 Å². The molecule has 98 valence electrons. The van der Waals surface area contributed by atoms with Crippen LogP contribution in [0.2, 0.25) is 0 Å². The summed E-state index contributed by atoms with van der Waals surface area (Å²) in [4.78, 5) is 15.9. The highest BCUT2D eigenvalue weighted by Crippen LogP contribution is 2.16. The lowest BCUT2D eigenvalue weighted by atomic mass is 10.2. The van der Waals surface area contributed by atoms with Crippen LogP contribution in [0.5, 0.6) is 0 Å². The molecule has 0 radical (unpaired) electrons. The number of benzene rings is 1. The number of rotatable bonds is 3. The molecule has 1 N–H and O–H groups in total. The number of carbonyl (C=O) groups excluding carboxylic acids is 1. The summed E-state index contributed by atoms with van der Waals surface area (Å²) in [5.74, 6) is -0.579. The van der Waals surface area contributed by atoms with E-state index in [0.29, 0.717) is 11.3 Å². The molecule has 0 saturated carbocycles. The highest BCUT2D eigenvalue weighted by molar-refractivity contribution is 7.09. The molecule has 1 aromatic carbocycles. The molecule has 0 aliphatic heterocycles. The number of aryl methyl sites for hydroxylation is 2. The maximum absolute atomic E-state index is 12.9. The van der Waals surface area contributed by atoms with Crippen molar-refractivity contribution in [2.45, 2.75) is 13.8 Å². The van der Waals surface area contributed by atoms with Crippen molar-refractivity contribution >= 4 is 29.0 Å². The van der Waals surface area contributed by atoms with E-state index in [2.05, 4.69) is 10.3 Å². The minimum absolute atomic E-state index is 0.264. The first kappa shape index (κ1) is 13.4. The molecule has 1 heterocycles. The van der Waals surface area contributed by atoms with Crippen LogP contribution in [-0.2, 0) is 4.79 Å². The van der Waals surface area contributed by atoms with Crippen molar-refractivity contribution in [2.75, 3.05) is 5.32 Å². The highest BCUT2D eigenvalue weighted by Gasteiger charge is 2.03. The van der Waals surface area contributed by atoms with Gasteiger partial charge in [-0.1, -0.05) is 0 Å². The van der Waals surface area contributed by atoms with Gasteiger partial charge in [-0.25, -0.2) is 9.37 Å². The lowest BCUT2D eigenvalue weighted by molar-refractivity contribution is -0.111. The van der Waals surface area contributed by atoms with Gasteiger partial charge in [0.25, 0.3) is 0 Å². The molecular weight excluding hydrogens is 263 g/mol. The Hall–Kier alpha value is -2.01. The largest absolute Gasteiger partial charge is 0.322 e. The number of anilines is 1. The number of thiazole rings is 1. The summed E-state index contributed by atoms with van der Waals surface area (Å²) in [5, 5.41) is 5.53. The predicted molar refractivity (Wildman–Crippen MR) is 75.7 cm³/mol. The van der Waals surface area contributed by atoms with Gasteiger partial charge in [-0.15, -0.1) is 11.3 Å². The standard InChI is InChI=1S/C14H13FN2OS/c1-9-7-11(15)3-5-13(9)17-14(18)6-4-12-8-19-10(2)16-12/h3-8H,1-2H3,(H,17,18)/b6-4+. The average molecular weight is 276 g/mol. The molecule has 0 fully saturated rings. The van der Waals surface area contributed by atoms with Crippen molar-refractivity contribution in [1.29, 1.82) is 0 Å². The average Bonchev–Trinajstić information content (AvgIpc) is 2.76. The molecular formula is C14H13FN2OS. The number of hydrogen-bond donors (Lipinski definition) is 1.